The number of primary amides is 1. The lowest BCUT2D eigenvalue weighted by Crippen LogP contribution is -2.16. The van der Waals surface area contributed by atoms with E-state index in [0.717, 1.165) is 6.42 Å². The van der Waals surface area contributed by atoms with Gasteiger partial charge in [0.05, 0.1) is 17.5 Å². The molecule has 0 bridgehead atoms. The Morgan fingerprint density at radius 3 is 2.38 bits per heavy atom. The van der Waals surface area contributed by atoms with Crippen LogP contribution in [0.5, 0.6) is 5.75 Å². The number of rotatable bonds is 4. The van der Waals surface area contributed by atoms with Gasteiger partial charge < -0.3 is 10.5 Å². The van der Waals surface area contributed by atoms with E-state index in [9.17, 15) is 4.79 Å². The molecule has 1 aromatic carbocycles. The maximum Gasteiger partial charge on any atom is 0.224 e. The van der Waals surface area contributed by atoms with Crippen LogP contribution in [0, 0.1) is 29.1 Å². The van der Waals surface area contributed by atoms with Crippen molar-refractivity contribution >= 4 is 5.91 Å². The number of nitrogens with zero attached hydrogens (tertiary/aromatic N) is 2. The monoisotopic (exact) mass is 214 g/mol. The fourth-order valence-electron chi connectivity index (χ4n) is 1.08. The minimum Gasteiger partial charge on any atom is -0.490 e. The number of benzene rings is 1. The van der Waals surface area contributed by atoms with Gasteiger partial charge in [-0.1, -0.05) is 6.07 Å². The van der Waals surface area contributed by atoms with E-state index in [1.807, 2.05) is 12.1 Å². The number of nitrogens with two attached hydrogens (primary N) is 1. The molecule has 0 aliphatic carbocycles. The predicted molar refractivity (Wildman–Crippen MR) is 54.9 cm³/mol. The molecule has 5 heteroatoms. The highest BCUT2D eigenvalue weighted by Gasteiger charge is 2.09. The zero-order chi connectivity index (χ0) is 12.0. The van der Waals surface area contributed by atoms with Crippen LogP contribution in [0.15, 0.2) is 18.2 Å². The lowest BCUT2D eigenvalue weighted by molar-refractivity contribution is -0.115. The summed E-state index contributed by atoms with van der Waals surface area (Å²) in [4.78, 5) is 10.5. The van der Waals surface area contributed by atoms with Crippen LogP contribution in [0.3, 0.4) is 0 Å². The summed E-state index contributed by atoms with van der Waals surface area (Å²) in [5.41, 5.74) is 5.39. The molecule has 1 radical (unpaired) electrons. The number of hydrogen-bond acceptors (Lipinski definition) is 4. The zero-order valence-electron chi connectivity index (χ0n) is 8.30. The Bertz CT molecular complexity index is 451. The molecule has 0 saturated heterocycles. The van der Waals surface area contributed by atoms with Crippen molar-refractivity contribution in [2.24, 2.45) is 5.73 Å². The molecule has 79 valence electrons. The first-order valence-electron chi connectivity index (χ1n) is 4.37. The number of hydrogen-bond donors (Lipinski definition) is 1. The number of carbonyl (C=O) groups is 1. The molecule has 0 unspecified atom stereocenters. The summed E-state index contributed by atoms with van der Waals surface area (Å²) in [6.45, 7) is -0.0668. The van der Waals surface area contributed by atoms with Gasteiger partial charge in [-0.15, -0.1) is 0 Å². The fourth-order valence-corrected chi connectivity index (χ4v) is 1.08. The van der Waals surface area contributed by atoms with Crippen LogP contribution < -0.4 is 10.5 Å². The van der Waals surface area contributed by atoms with Gasteiger partial charge in [0.2, 0.25) is 5.91 Å². The Balaban J connectivity index is 2.89. The lowest BCUT2D eigenvalue weighted by Gasteiger charge is -2.07. The third-order valence-corrected chi connectivity index (χ3v) is 1.77. The van der Waals surface area contributed by atoms with E-state index in [1.165, 1.54) is 12.1 Å². The Morgan fingerprint density at radius 1 is 1.38 bits per heavy atom. The maximum atomic E-state index is 10.5. The minimum absolute atomic E-state index is 0.0668. The van der Waals surface area contributed by atoms with Gasteiger partial charge in [-0.2, -0.15) is 10.5 Å². The molecule has 0 spiro atoms. The van der Waals surface area contributed by atoms with Crippen molar-refractivity contribution < 1.29 is 9.53 Å². The van der Waals surface area contributed by atoms with Gasteiger partial charge in [-0.3, -0.25) is 4.79 Å². The van der Waals surface area contributed by atoms with Crippen LogP contribution in [-0.4, -0.2) is 12.5 Å². The summed E-state index contributed by atoms with van der Waals surface area (Å²) in [6, 6.07) is 8.45. The van der Waals surface area contributed by atoms with Crippen molar-refractivity contribution in [3.8, 4) is 17.9 Å². The number of amides is 1. The molecule has 2 N–H and O–H groups in total. The zero-order valence-corrected chi connectivity index (χ0v) is 8.30. The quantitative estimate of drug-likeness (QED) is 0.788. The molecule has 0 aliphatic rings. The van der Waals surface area contributed by atoms with Gasteiger partial charge in [0.15, 0.2) is 5.75 Å². The van der Waals surface area contributed by atoms with Crippen LogP contribution in [0.2, 0.25) is 0 Å². The molecule has 1 aromatic rings. The fraction of sp³-hybridized carbons (Fsp3) is 0.0909. The molecular formula is C11H8N3O2. The summed E-state index contributed by atoms with van der Waals surface area (Å²) >= 11 is 0. The molecule has 1 rings (SSSR count). The van der Waals surface area contributed by atoms with Crippen molar-refractivity contribution in [3.63, 3.8) is 0 Å². The van der Waals surface area contributed by atoms with Crippen LogP contribution in [0.4, 0.5) is 0 Å². The van der Waals surface area contributed by atoms with Gasteiger partial charge in [0.1, 0.15) is 18.7 Å². The van der Waals surface area contributed by atoms with Crippen molar-refractivity contribution in [3.05, 3.63) is 35.7 Å². The third-order valence-electron chi connectivity index (χ3n) is 1.77. The molecule has 0 aromatic heterocycles. The van der Waals surface area contributed by atoms with E-state index < -0.39 is 5.91 Å². The Kier molecular flexibility index (Phi) is 3.88. The normalized spacial score (nSPS) is 8.88. The van der Waals surface area contributed by atoms with Crippen LogP contribution >= 0.6 is 0 Å². The average molecular weight is 214 g/mol. The molecule has 0 fully saturated rings. The first kappa shape index (κ1) is 11.5. The average Bonchev–Trinajstić information content (AvgIpc) is 2.28. The first-order valence-corrected chi connectivity index (χ1v) is 4.37. The summed E-state index contributed by atoms with van der Waals surface area (Å²) < 4.78 is 5.16. The molecular weight excluding hydrogens is 206 g/mol. The number of para-hydroxylation sites is 1. The number of ether oxygens (including phenoxy) is 1. The first-order chi connectivity index (χ1) is 7.69. The summed E-state index contributed by atoms with van der Waals surface area (Å²) in [6.07, 6.45) is 1.12. The molecule has 0 aliphatic heterocycles. The summed E-state index contributed by atoms with van der Waals surface area (Å²) in [7, 11) is 0. The molecule has 5 nitrogen and oxygen atoms in total. The SMILES string of the molecule is N#Cc1cccc(C#N)c1OC[CH]C(N)=O. The second-order valence-corrected chi connectivity index (χ2v) is 2.82. The summed E-state index contributed by atoms with van der Waals surface area (Å²) in [5.74, 6) is -0.446. The highest BCUT2D eigenvalue weighted by atomic mass is 16.5. The molecule has 0 saturated carbocycles. The van der Waals surface area contributed by atoms with Crippen molar-refractivity contribution in [2.75, 3.05) is 6.61 Å². The molecule has 0 atom stereocenters. The Hall–Kier alpha value is -2.53. The van der Waals surface area contributed by atoms with Crippen LogP contribution in [-0.2, 0) is 4.79 Å². The van der Waals surface area contributed by atoms with E-state index in [4.69, 9.17) is 21.0 Å². The Morgan fingerprint density at radius 2 is 1.94 bits per heavy atom. The van der Waals surface area contributed by atoms with E-state index in [1.54, 1.807) is 6.07 Å². The topological polar surface area (TPSA) is 99.9 Å². The second-order valence-electron chi connectivity index (χ2n) is 2.82. The van der Waals surface area contributed by atoms with Gasteiger partial charge in [0.25, 0.3) is 0 Å². The van der Waals surface area contributed by atoms with Gasteiger partial charge in [-0.25, -0.2) is 0 Å². The number of carbonyl (C=O) groups excluding carboxylic acids is 1. The molecule has 0 heterocycles. The van der Waals surface area contributed by atoms with Gasteiger partial charge >= 0.3 is 0 Å². The van der Waals surface area contributed by atoms with Gasteiger partial charge in [-0.05, 0) is 12.1 Å². The highest BCUT2D eigenvalue weighted by molar-refractivity contribution is 5.82. The smallest absolute Gasteiger partial charge is 0.224 e. The maximum absolute atomic E-state index is 10.5. The van der Waals surface area contributed by atoms with Crippen molar-refractivity contribution in [1.82, 2.24) is 0 Å². The Labute approximate surface area is 92.7 Å². The molecule has 16 heavy (non-hydrogen) atoms. The minimum atomic E-state index is -0.618. The lowest BCUT2D eigenvalue weighted by atomic mass is 10.1. The van der Waals surface area contributed by atoms with Crippen molar-refractivity contribution in [1.29, 1.82) is 10.5 Å². The van der Waals surface area contributed by atoms with E-state index in [-0.39, 0.29) is 23.5 Å². The van der Waals surface area contributed by atoms with Crippen molar-refractivity contribution in [2.45, 2.75) is 0 Å². The van der Waals surface area contributed by atoms with Crippen LogP contribution in [0.25, 0.3) is 0 Å². The summed E-state index contributed by atoms with van der Waals surface area (Å²) in [5, 5.41) is 17.6. The van der Waals surface area contributed by atoms with E-state index in [0.29, 0.717) is 0 Å². The highest BCUT2D eigenvalue weighted by Crippen LogP contribution is 2.22. The molecule has 1 amide bonds. The van der Waals surface area contributed by atoms with Crippen LogP contribution in [0.1, 0.15) is 11.1 Å². The predicted octanol–water partition coefficient (Wildman–Crippen LogP) is 0.498. The third kappa shape index (κ3) is 2.73. The standard InChI is InChI=1S/C11H8N3O2/c12-6-8-2-1-3-9(7-13)11(8)16-5-4-10(14)15/h1-4H,5H2,(H2,14,15). The second kappa shape index (κ2) is 5.38. The van der Waals surface area contributed by atoms with Gasteiger partial charge in [0, 0.05) is 0 Å². The van der Waals surface area contributed by atoms with E-state index in [2.05, 4.69) is 0 Å². The number of nitriles is 2. The van der Waals surface area contributed by atoms with E-state index >= 15 is 0 Å². The largest absolute Gasteiger partial charge is 0.490 e.